The van der Waals surface area contributed by atoms with Crippen molar-refractivity contribution >= 4 is 37.8 Å². The molecule has 1 aliphatic rings. The maximum atomic E-state index is 11.1. The van der Waals surface area contributed by atoms with E-state index >= 15 is 0 Å². The third-order valence-corrected chi connectivity index (χ3v) is 3.93. The highest BCUT2D eigenvalue weighted by Crippen LogP contribution is 2.35. The van der Waals surface area contributed by atoms with Crippen molar-refractivity contribution in [2.45, 2.75) is 45.4 Å². The zero-order chi connectivity index (χ0) is 12.7. The average Bonchev–Trinajstić information content (AvgIpc) is 2.57. The number of hydrogen-bond donors (Lipinski definition) is 0. The van der Waals surface area contributed by atoms with Crippen LogP contribution in [0.1, 0.15) is 45.4 Å². The largest absolute Gasteiger partial charge is 0.466 e. The Morgan fingerprint density at radius 2 is 2.12 bits per heavy atom. The van der Waals surface area contributed by atoms with Crippen LogP contribution in [0.4, 0.5) is 0 Å². The molecule has 0 spiro atoms. The fourth-order valence-corrected chi connectivity index (χ4v) is 3.33. The van der Waals surface area contributed by atoms with E-state index in [4.69, 9.17) is 4.74 Å². The van der Waals surface area contributed by atoms with Crippen LogP contribution in [0.5, 0.6) is 0 Å². The van der Waals surface area contributed by atoms with Crippen LogP contribution in [0.2, 0.25) is 0 Å². The Morgan fingerprint density at radius 3 is 2.71 bits per heavy atom. The lowest BCUT2D eigenvalue weighted by Crippen LogP contribution is -2.03. The van der Waals surface area contributed by atoms with Gasteiger partial charge in [0, 0.05) is 21.8 Å². The molecule has 0 aromatic heterocycles. The summed E-state index contributed by atoms with van der Waals surface area (Å²) in [6, 6.07) is 0. The number of esters is 1. The van der Waals surface area contributed by atoms with Gasteiger partial charge >= 0.3 is 5.97 Å². The first-order valence-electron chi connectivity index (χ1n) is 6.02. The van der Waals surface area contributed by atoms with Gasteiger partial charge < -0.3 is 4.74 Å². The minimum atomic E-state index is -0.0728. The highest BCUT2D eigenvalue weighted by atomic mass is 79.9. The molecular formula is C13H18Br2O2. The Balaban J connectivity index is 2.09. The van der Waals surface area contributed by atoms with E-state index in [0.717, 1.165) is 32.1 Å². The summed E-state index contributed by atoms with van der Waals surface area (Å²) < 4.78 is 7.41. The second kappa shape index (κ2) is 8.09. The summed E-state index contributed by atoms with van der Waals surface area (Å²) in [5.41, 5.74) is 1.38. The molecule has 2 nitrogen and oxygen atoms in total. The lowest BCUT2D eigenvalue weighted by atomic mass is 10.1. The summed E-state index contributed by atoms with van der Waals surface area (Å²) in [7, 11) is 0. The molecule has 0 N–H and O–H groups in total. The summed E-state index contributed by atoms with van der Waals surface area (Å²) >= 11 is 7.09. The predicted molar refractivity (Wildman–Crippen MR) is 77.3 cm³/mol. The maximum Gasteiger partial charge on any atom is 0.305 e. The van der Waals surface area contributed by atoms with Gasteiger partial charge in [0.25, 0.3) is 0 Å². The van der Waals surface area contributed by atoms with Gasteiger partial charge in [0.15, 0.2) is 0 Å². The molecule has 0 fully saturated rings. The predicted octanol–water partition coefficient (Wildman–Crippen LogP) is 4.83. The molecule has 96 valence electrons. The lowest BCUT2D eigenvalue weighted by Gasteiger charge is -2.03. The van der Waals surface area contributed by atoms with Crippen molar-refractivity contribution in [3.05, 3.63) is 20.6 Å². The van der Waals surface area contributed by atoms with Crippen LogP contribution in [-0.2, 0) is 9.53 Å². The van der Waals surface area contributed by atoms with E-state index in [9.17, 15) is 4.79 Å². The number of carbonyl (C=O) groups excluding carboxylic acids is 1. The van der Waals surface area contributed by atoms with Gasteiger partial charge in [-0.3, -0.25) is 4.79 Å². The van der Waals surface area contributed by atoms with Crippen molar-refractivity contribution < 1.29 is 9.53 Å². The molecule has 0 saturated heterocycles. The van der Waals surface area contributed by atoms with Gasteiger partial charge in [-0.25, -0.2) is 0 Å². The van der Waals surface area contributed by atoms with Crippen molar-refractivity contribution in [2.24, 2.45) is 0 Å². The molecule has 1 rings (SSSR count). The van der Waals surface area contributed by atoms with Gasteiger partial charge in [-0.1, -0.05) is 38.3 Å². The number of halogens is 2. The molecule has 1 aliphatic carbocycles. The van der Waals surface area contributed by atoms with Gasteiger partial charge in [0.05, 0.1) is 6.61 Å². The molecule has 0 heterocycles. The molecule has 0 amide bonds. The molecule has 0 saturated carbocycles. The number of rotatable bonds is 7. The highest BCUT2D eigenvalue weighted by Gasteiger charge is 2.11. The Bertz CT molecular complexity index is 332. The molecule has 0 radical (unpaired) electrons. The quantitative estimate of drug-likeness (QED) is 0.477. The van der Waals surface area contributed by atoms with E-state index in [0.29, 0.717) is 13.0 Å². The summed E-state index contributed by atoms with van der Waals surface area (Å²) in [4.78, 5) is 11.1. The zero-order valence-electron chi connectivity index (χ0n) is 10.1. The topological polar surface area (TPSA) is 26.3 Å². The molecule has 0 bridgehead atoms. The molecule has 17 heavy (non-hydrogen) atoms. The summed E-state index contributed by atoms with van der Waals surface area (Å²) in [6.45, 7) is 2.32. The molecule has 4 heteroatoms. The van der Waals surface area contributed by atoms with E-state index in [-0.39, 0.29) is 5.97 Å². The van der Waals surface area contributed by atoms with Crippen molar-refractivity contribution in [2.75, 3.05) is 6.61 Å². The van der Waals surface area contributed by atoms with Gasteiger partial charge in [-0.05, 0) is 37.8 Å². The first-order valence-corrected chi connectivity index (χ1v) is 7.61. The number of ether oxygens (including phenoxy) is 1. The number of allylic oxidation sites excluding steroid dienone is 4. The number of carbonyl (C=O) groups is 1. The van der Waals surface area contributed by atoms with E-state index in [1.54, 1.807) is 0 Å². The highest BCUT2D eigenvalue weighted by molar-refractivity contribution is 9.12. The maximum absolute atomic E-state index is 11.1. The van der Waals surface area contributed by atoms with E-state index in [1.165, 1.54) is 14.5 Å². The Labute approximate surface area is 120 Å². The van der Waals surface area contributed by atoms with E-state index in [1.807, 2.05) is 6.92 Å². The van der Waals surface area contributed by atoms with Crippen LogP contribution < -0.4 is 0 Å². The number of unbranched alkanes of at least 4 members (excludes halogenated alkanes) is 2. The molecular weight excluding hydrogens is 348 g/mol. The minimum absolute atomic E-state index is 0.0728. The molecule has 0 aliphatic heterocycles. The second-order valence-corrected chi connectivity index (χ2v) is 6.04. The molecule has 0 atom stereocenters. The standard InChI is InChI=1S/C13H18Br2O2/c1-2-17-13(16)7-5-3-4-6-10-8-11(14)9-12(10)15/h8H,2-7,9H2,1H3. The molecule has 0 aromatic carbocycles. The van der Waals surface area contributed by atoms with Crippen molar-refractivity contribution in [1.82, 2.24) is 0 Å². The third-order valence-electron chi connectivity index (χ3n) is 2.64. The fourth-order valence-electron chi connectivity index (χ4n) is 1.78. The van der Waals surface area contributed by atoms with Gasteiger partial charge in [0.2, 0.25) is 0 Å². The lowest BCUT2D eigenvalue weighted by molar-refractivity contribution is -0.143. The normalized spacial score (nSPS) is 15.1. The first-order chi connectivity index (χ1) is 8.13. The minimum Gasteiger partial charge on any atom is -0.466 e. The van der Waals surface area contributed by atoms with Crippen LogP contribution in [-0.4, -0.2) is 12.6 Å². The van der Waals surface area contributed by atoms with Crippen molar-refractivity contribution in [1.29, 1.82) is 0 Å². The molecule has 0 aromatic rings. The van der Waals surface area contributed by atoms with Gasteiger partial charge in [-0.2, -0.15) is 0 Å². The zero-order valence-corrected chi connectivity index (χ0v) is 13.3. The average molecular weight is 366 g/mol. The van der Waals surface area contributed by atoms with Crippen molar-refractivity contribution in [3.63, 3.8) is 0 Å². The Morgan fingerprint density at radius 1 is 1.35 bits per heavy atom. The van der Waals surface area contributed by atoms with Gasteiger partial charge in [0.1, 0.15) is 0 Å². The fraction of sp³-hybridized carbons (Fsp3) is 0.615. The summed E-state index contributed by atoms with van der Waals surface area (Å²) in [5.74, 6) is -0.0728. The summed E-state index contributed by atoms with van der Waals surface area (Å²) in [5, 5.41) is 0. The smallest absolute Gasteiger partial charge is 0.305 e. The molecule has 0 unspecified atom stereocenters. The van der Waals surface area contributed by atoms with Crippen LogP contribution in [0.15, 0.2) is 20.6 Å². The van der Waals surface area contributed by atoms with E-state index in [2.05, 4.69) is 37.9 Å². The van der Waals surface area contributed by atoms with Crippen LogP contribution in [0.3, 0.4) is 0 Å². The van der Waals surface area contributed by atoms with Gasteiger partial charge in [-0.15, -0.1) is 0 Å². The Kier molecular flexibility index (Phi) is 7.12. The first kappa shape index (κ1) is 15.0. The SMILES string of the molecule is CCOC(=O)CCCCCC1=C(Br)CC(Br)=C1. The van der Waals surface area contributed by atoms with E-state index < -0.39 is 0 Å². The van der Waals surface area contributed by atoms with Crippen LogP contribution >= 0.6 is 31.9 Å². The Hall–Kier alpha value is -0.0900. The second-order valence-electron chi connectivity index (χ2n) is 4.06. The van der Waals surface area contributed by atoms with Crippen molar-refractivity contribution in [3.8, 4) is 0 Å². The third kappa shape index (κ3) is 5.87. The monoisotopic (exact) mass is 364 g/mol. The number of hydrogen-bond acceptors (Lipinski definition) is 2. The van der Waals surface area contributed by atoms with Crippen LogP contribution in [0.25, 0.3) is 0 Å². The summed E-state index contributed by atoms with van der Waals surface area (Å²) in [6.07, 6.45) is 7.93. The van der Waals surface area contributed by atoms with Crippen LogP contribution in [0, 0.1) is 0 Å².